The van der Waals surface area contributed by atoms with Crippen molar-refractivity contribution in [2.75, 3.05) is 12.9 Å². The van der Waals surface area contributed by atoms with Gasteiger partial charge in [-0.25, -0.2) is 17.2 Å². The Hall–Kier alpha value is -3.11. The zero-order valence-electron chi connectivity index (χ0n) is 16.7. The minimum Gasteiger partial charge on any atom is -0.487 e. The second kappa shape index (κ2) is 8.94. The van der Waals surface area contributed by atoms with Crippen molar-refractivity contribution in [1.82, 2.24) is 9.78 Å². The van der Waals surface area contributed by atoms with Crippen molar-refractivity contribution in [2.45, 2.75) is 24.3 Å². The third-order valence-electron chi connectivity index (χ3n) is 4.46. The molecule has 0 aliphatic heterocycles. The summed E-state index contributed by atoms with van der Waals surface area (Å²) in [5.41, 5.74) is 0.0421. The fourth-order valence-electron chi connectivity index (χ4n) is 2.80. The van der Waals surface area contributed by atoms with Gasteiger partial charge < -0.3 is 9.84 Å². The normalized spacial score (nSPS) is 12.5. The van der Waals surface area contributed by atoms with Gasteiger partial charge >= 0.3 is 5.56 Å². The Labute approximate surface area is 177 Å². The van der Waals surface area contributed by atoms with E-state index in [0.717, 1.165) is 23.1 Å². The van der Waals surface area contributed by atoms with E-state index in [1.165, 1.54) is 36.5 Å². The van der Waals surface area contributed by atoms with E-state index in [-0.39, 0.29) is 34.9 Å². The van der Waals surface area contributed by atoms with Crippen LogP contribution in [0.4, 0.5) is 8.78 Å². The number of hydrogen-bond donors (Lipinski definition) is 1. The van der Waals surface area contributed by atoms with Crippen LogP contribution in [0.15, 0.2) is 58.4 Å². The van der Waals surface area contributed by atoms with E-state index in [9.17, 15) is 27.1 Å². The molecule has 0 saturated carbocycles. The van der Waals surface area contributed by atoms with Crippen LogP contribution >= 0.6 is 0 Å². The molecule has 1 heterocycles. The first-order valence-electron chi connectivity index (χ1n) is 9.27. The second-order valence-electron chi connectivity index (χ2n) is 6.99. The molecule has 2 aromatic carbocycles. The summed E-state index contributed by atoms with van der Waals surface area (Å²) in [5.74, 6) is -2.32. The number of ether oxygens (including phenoxy) is 1. The number of hydrogen-bond acceptors (Lipinski definition) is 6. The monoisotopic (exact) mass is 450 g/mol. The van der Waals surface area contributed by atoms with Gasteiger partial charge in [-0.1, -0.05) is 12.1 Å². The van der Waals surface area contributed by atoms with Crippen LogP contribution in [0.25, 0.3) is 16.8 Å². The molecule has 0 spiro atoms. The first-order valence-corrected chi connectivity index (χ1v) is 11.2. The van der Waals surface area contributed by atoms with Gasteiger partial charge in [0.05, 0.1) is 29.5 Å². The number of aliphatic hydroxyl groups excluding tert-OH is 1. The zero-order chi connectivity index (χ0) is 22.8. The third kappa shape index (κ3) is 5.15. The molecule has 3 rings (SSSR count). The molecule has 10 heteroatoms. The molecule has 1 aromatic heterocycles. The summed E-state index contributed by atoms with van der Waals surface area (Å²) in [6, 6.07) is 8.73. The van der Waals surface area contributed by atoms with Crippen molar-refractivity contribution in [1.29, 1.82) is 0 Å². The highest BCUT2D eigenvalue weighted by molar-refractivity contribution is 7.90. The molecule has 3 aromatic rings. The molecule has 0 fully saturated rings. The van der Waals surface area contributed by atoms with Crippen LogP contribution in [-0.2, 0) is 9.84 Å². The molecule has 1 N–H and O–H groups in total. The smallest absolute Gasteiger partial charge is 0.314 e. The molecule has 0 aliphatic carbocycles. The SMILES string of the molecule is C[C@@H](O)CCOc1c(-c2ccc(S(C)(=O)=O)cc2)cnn(-c2ccc(F)c(F)c2)c1=O. The lowest BCUT2D eigenvalue weighted by molar-refractivity contribution is 0.155. The van der Waals surface area contributed by atoms with Gasteiger partial charge in [-0.05, 0) is 36.8 Å². The number of nitrogens with zero attached hydrogens (tertiary/aromatic N) is 2. The van der Waals surface area contributed by atoms with Gasteiger partial charge in [0.25, 0.3) is 0 Å². The zero-order valence-corrected chi connectivity index (χ0v) is 17.6. The Bertz CT molecular complexity index is 1260. The van der Waals surface area contributed by atoms with Gasteiger partial charge in [0, 0.05) is 24.3 Å². The average molecular weight is 450 g/mol. The maximum absolute atomic E-state index is 13.6. The van der Waals surface area contributed by atoms with Gasteiger partial charge in [-0.2, -0.15) is 9.78 Å². The summed E-state index contributed by atoms with van der Waals surface area (Å²) in [6.07, 6.45) is 1.99. The number of aliphatic hydroxyl groups is 1. The van der Waals surface area contributed by atoms with Crippen molar-refractivity contribution in [3.8, 4) is 22.6 Å². The van der Waals surface area contributed by atoms with Crippen molar-refractivity contribution < 1.29 is 27.0 Å². The second-order valence-corrected chi connectivity index (χ2v) is 9.00. The van der Waals surface area contributed by atoms with Gasteiger partial charge in [0.1, 0.15) is 0 Å². The summed E-state index contributed by atoms with van der Waals surface area (Å²) < 4.78 is 56.8. The van der Waals surface area contributed by atoms with Crippen LogP contribution < -0.4 is 10.3 Å². The maximum Gasteiger partial charge on any atom is 0.314 e. The van der Waals surface area contributed by atoms with E-state index in [2.05, 4.69) is 5.10 Å². The highest BCUT2D eigenvalue weighted by Gasteiger charge is 2.18. The number of rotatable bonds is 7. The van der Waals surface area contributed by atoms with Crippen molar-refractivity contribution in [3.05, 3.63) is 70.6 Å². The summed E-state index contributed by atoms with van der Waals surface area (Å²) >= 11 is 0. The summed E-state index contributed by atoms with van der Waals surface area (Å²) in [5, 5.41) is 13.5. The first kappa shape index (κ1) is 22.6. The van der Waals surface area contributed by atoms with Gasteiger partial charge in [-0.3, -0.25) is 4.79 Å². The first-order chi connectivity index (χ1) is 14.6. The van der Waals surface area contributed by atoms with Gasteiger partial charge in [-0.15, -0.1) is 0 Å². The average Bonchev–Trinajstić information content (AvgIpc) is 2.70. The van der Waals surface area contributed by atoms with Crippen molar-refractivity contribution >= 4 is 9.84 Å². The summed E-state index contributed by atoms with van der Waals surface area (Å²) in [7, 11) is -3.40. The lowest BCUT2D eigenvalue weighted by atomic mass is 10.1. The Kier molecular flexibility index (Phi) is 6.51. The summed E-state index contributed by atoms with van der Waals surface area (Å²) in [6.45, 7) is 1.59. The van der Waals surface area contributed by atoms with Crippen LogP contribution in [0.1, 0.15) is 13.3 Å². The lowest BCUT2D eigenvalue weighted by Gasteiger charge is -2.14. The molecule has 31 heavy (non-hydrogen) atoms. The number of aromatic nitrogens is 2. The molecular formula is C21H20F2N2O5S. The molecule has 0 bridgehead atoms. The minimum absolute atomic E-state index is 0.00301. The molecular weight excluding hydrogens is 430 g/mol. The molecule has 0 radical (unpaired) electrons. The minimum atomic E-state index is -3.40. The van der Waals surface area contributed by atoms with Crippen LogP contribution in [0.5, 0.6) is 5.75 Å². The van der Waals surface area contributed by atoms with Crippen LogP contribution in [0, 0.1) is 11.6 Å². The molecule has 0 aliphatic rings. The van der Waals surface area contributed by atoms with Gasteiger partial charge in [0.2, 0.25) is 0 Å². The van der Waals surface area contributed by atoms with E-state index >= 15 is 0 Å². The summed E-state index contributed by atoms with van der Waals surface area (Å²) in [4.78, 5) is 13.2. The molecule has 0 saturated heterocycles. The Morgan fingerprint density at radius 3 is 2.39 bits per heavy atom. The Morgan fingerprint density at radius 2 is 1.81 bits per heavy atom. The van der Waals surface area contributed by atoms with E-state index in [1.807, 2.05) is 0 Å². The predicted octanol–water partition coefficient (Wildman–Crippen LogP) is 2.73. The molecule has 1 atom stereocenters. The predicted molar refractivity (Wildman–Crippen MR) is 110 cm³/mol. The van der Waals surface area contributed by atoms with E-state index in [4.69, 9.17) is 4.74 Å². The molecule has 7 nitrogen and oxygen atoms in total. The number of benzene rings is 2. The number of halogens is 2. The molecule has 0 unspecified atom stereocenters. The van der Waals surface area contributed by atoms with Crippen LogP contribution in [-0.4, -0.2) is 42.3 Å². The van der Waals surface area contributed by atoms with Crippen molar-refractivity contribution in [3.63, 3.8) is 0 Å². The van der Waals surface area contributed by atoms with Crippen molar-refractivity contribution in [2.24, 2.45) is 0 Å². The fraction of sp³-hybridized carbons (Fsp3) is 0.238. The quantitative estimate of drug-likeness (QED) is 0.594. The van der Waals surface area contributed by atoms with E-state index in [0.29, 0.717) is 5.56 Å². The standard InChI is InChI=1S/C21H20F2N2O5S/c1-13(26)9-10-30-20-17(14-3-6-16(7-4-14)31(2,28)29)12-24-25(21(20)27)15-5-8-18(22)19(23)11-15/h3-8,11-13,26H,9-10H2,1-2H3/t13-/m1/s1. The van der Waals surface area contributed by atoms with Crippen LogP contribution in [0.3, 0.4) is 0 Å². The van der Waals surface area contributed by atoms with E-state index < -0.39 is 33.1 Å². The van der Waals surface area contributed by atoms with Crippen LogP contribution in [0.2, 0.25) is 0 Å². The van der Waals surface area contributed by atoms with Gasteiger partial charge in [0.15, 0.2) is 27.2 Å². The topological polar surface area (TPSA) is 98.5 Å². The highest BCUT2D eigenvalue weighted by Crippen LogP contribution is 2.28. The fourth-order valence-corrected chi connectivity index (χ4v) is 3.43. The van der Waals surface area contributed by atoms with E-state index in [1.54, 1.807) is 6.92 Å². The Balaban J connectivity index is 2.11. The lowest BCUT2D eigenvalue weighted by Crippen LogP contribution is -2.24. The Morgan fingerprint density at radius 1 is 1.13 bits per heavy atom. The largest absolute Gasteiger partial charge is 0.487 e. The number of sulfone groups is 1. The maximum atomic E-state index is 13.6. The highest BCUT2D eigenvalue weighted by atomic mass is 32.2. The molecule has 164 valence electrons. The molecule has 0 amide bonds. The third-order valence-corrected chi connectivity index (χ3v) is 5.59.